The van der Waals surface area contributed by atoms with Crippen molar-refractivity contribution in [3.8, 4) is 11.1 Å². The van der Waals surface area contributed by atoms with E-state index < -0.39 is 11.6 Å². The van der Waals surface area contributed by atoms with Gasteiger partial charge in [0.05, 0.1) is 18.1 Å². The van der Waals surface area contributed by atoms with Gasteiger partial charge in [0.2, 0.25) is 0 Å². The zero-order valence-corrected chi connectivity index (χ0v) is 22.3. The summed E-state index contributed by atoms with van der Waals surface area (Å²) in [6, 6.07) is 5.51. The van der Waals surface area contributed by atoms with Crippen molar-refractivity contribution in [2.24, 2.45) is 5.41 Å². The van der Waals surface area contributed by atoms with Gasteiger partial charge < -0.3 is 9.88 Å². The zero-order valence-electron chi connectivity index (χ0n) is 22.3. The zero-order chi connectivity index (χ0) is 26.6. The standard InChI is InChI=1S/C29H33F2N7/c1-17(2)38-18(3)36-28-23(30)7-20(8-25(28)38)22-9-21(33-13-24(22)31)10-27-34-11-19(12-35-27)14-37-16-29(4)15-32-6-5-26(29)37/h7-9,11-13,17,26,32H,5-6,10,14-16H2,1-4H3. The Balaban J connectivity index is 1.21. The van der Waals surface area contributed by atoms with E-state index in [1.54, 1.807) is 12.1 Å². The summed E-state index contributed by atoms with van der Waals surface area (Å²) in [7, 11) is 0. The Morgan fingerprint density at radius 2 is 1.87 bits per heavy atom. The van der Waals surface area contributed by atoms with E-state index in [-0.39, 0.29) is 6.04 Å². The van der Waals surface area contributed by atoms with Crippen LogP contribution in [0.1, 0.15) is 56.1 Å². The highest BCUT2D eigenvalue weighted by atomic mass is 19.1. The summed E-state index contributed by atoms with van der Waals surface area (Å²) >= 11 is 0. The summed E-state index contributed by atoms with van der Waals surface area (Å²) < 4.78 is 31.9. The molecule has 9 heteroatoms. The van der Waals surface area contributed by atoms with Gasteiger partial charge in [-0.1, -0.05) is 6.92 Å². The molecular formula is C29H33F2N7. The predicted octanol–water partition coefficient (Wildman–Crippen LogP) is 4.83. The Kier molecular flexibility index (Phi) is 6.23. The van der Waals surface area contributed by atoms with Crippen LogP contribution in [-0.2, 0) is 13.0 Å². The minimum atomic E-state index is -0.504. The molecule has 2 aliphatic heterocycles. The molecule has 3 aromatic heterocycles. The third-order valence-electron chi connectivity index (χ3n) is 8.08. The monoisotopic (exact) mass is 517 g/mol. The highest BCUT2D eigenvalue weighted by molar-refractivity contribution is 5.83. The second-order valence-corrected chi connectivity index (χ2v) is 11.3. The number of benzene rings is 1. The molecule has 7 nitrogen and oxygen atoms in total. The number of pyridine rings is 1. The highest BCUT2D eigenvalue weighted by Crippen LogP contribution is 2.41. The van der Waals surface area contributed by atoms with Crippen LogP contribution in [0.15, 0.2) is 36.8 Å². The van der Waals surface area contributed by atoms with Crippen LogP contribution in [0.5, 0.6) is 0 Å². The van der Waals surface area contributed by atoms with Gasteiger partial charge in [-0.2, -0.15) is 0 Å². The van der Waals surface area contributed by atoms with E-state index in [1.165, 1.54) is 18.7 Å². The second-order valence-electron chi connectivity index (χ2n) is 11.3. The minimum Gasteiger partial charge on any atom is -0.326 e. The summed E-state index contributed by atoms with van der Waals surface area (Å²) in [6.45, 7) is 12.3. The molecule has 0 radical (unpaired) electrons. The molecule has 2 fully saturated rings. The van der Waals surface area contributed by atoms with Crippen molar-refractivity contribution in [1.29, 1.82) is 0 Å². The lowest BCUT2D eigenvalue weighted by atomic mass is 9.69. The molecule has 2 saturated heterocycles. The maximum atomic E-state index is 15.0. The third kappa shape index (κ3) is 4.37. The number of nitrogens with one attached hydrogen (secondary N) is 1. The number of likely N-dealkylation sites (tertiary alicyclic amines) is 1. The Labute approximate surface area is 221 Å². The SMILES string of the molecule is Cc1nc2c(F)cc(-c3cc(Cc4ncc(CN5CC6(C)CNCCC56)cn4)ncc3F)cc2n1C(C)C. The quantitative estimate of drug-likeness (QED) is 0.395. The van der Waals surface area contributed by atoms with Crippen LogP contribution in [0.2, 0.25) is 0 Å². The predicted molar refractivity (Wildman–Crippen MR) is 143 cm³/mol. The third-order valence-corrected chi connectivity index (χ3v) is 8.08. The first-order valence-electron chi connectivity index (χ1n) is 13.3. The van der Waals surface area contributed by atoms with E-state index in [2.05, 4.69) is 37.1 Å². The van der Waals surface area contributed by atoms with Crippen LogP contribution in [0, 0.1) is 24.0 Å². The van der Waals surface area contributed by atoms with E-state index in [4.69, 9.17) is 0 Å². The Morgan fingerprint density at radius 1 is 1.08 bits per heavy atom. The van der Waals surface area contributed by atoms with Crippen LogP contribution in [0.4, 0.5) is 8.78 Å². The molecule has 0 saturated carbocycles. The van der Waals surface area contributed by atoms with Gasteiger partial charge >= 0.3 is 0 Å². The van der Waals surface area contributed by atoms with Crippen molar-refractivity contribution in [1.82, 2.24) is 34.7 Å². The molecular weight excluding hydrogens is 484 g/mol. The number of halogens is 2. The van der Waals surface area contributed by atoms with Gasteiger partial charge in [-0.05, 0) is 57.5 Å². The molecule has 4 aromatic rings. The molecule has 1 N–H and O–H groups in total. The molecule has 1 aromatic carbocycles. The Bertz CT molecular complexity index is 1500. The topological polar surface area (TPSA) is 71.8 Å². The van der Waals surface area contributed by atoms with Crippen LogP contribution < -0.4 is 5.32 Å². The molecule has 38 heavy (non-hydrogen) atoms. The molecule has 0 aliphatic carbocycles. The van der Waals surface area contributed by atoms with Crippen molar-refractivity contribution >= 4 is 11.0 Å². The number of hydrogen-bond acceptors (Lipinski definition) is 6. The largest absolute Gasteiger partial charge is 0.326 e. The van der Waals surface area contributed by atoms with E-state index in [0.29, 0.717) is 51.6 Å². The molecule has 0 amide bonds. The van der Waals surface area contributed by atoms with Crippen molar-refractivity contribution in [2.75, 3.05) is 19.6 Å². The molecule has 0 bridgehead atoms. The van der Waals surface area contributed by atoms with Crippen LogP contribution in [0.25, 0.3) is 22.2 Å². The summed E-state index contributed by atoms with van der Waals surface area (Å²) in [5.74, 6) is 0.366. The maximum absolute atomic E-state index is 15.0. The summed E-state index contributed by atoms with van der Waals surface area (Å²) in [4.78, 5) is 20.3. The molecule has 2 atom stereocenters. The van der Waals surface area contributed by atoms with Crippen LogP contribution in [-0.4, -0.2) is 55.1 Å². The van der Waals surface area contributed by atoms with Gasteiger partial charge in [-0.15, -0.1) is 0 Å². The second kappa shape index (κ2) is 9.47. The maximum Gasteiger partial charge on any atom is 0.151 e. The Morgan fingerprint density at radius 3 is 2.61 bits per heavy atom. The fraction of sp³-hybridized carbons (Fsp3) is 0.448. The first kappa shape index (κ1) is 25.0. The number of aryl methyl sites for hydroxylation is 1. The number of fused-ring (bicyclic) bond motifs is 2. The normalized spacial score (nSPS) is 21.6. The van der Waals surface area contributed by atoms with Crippen molar-refractivity contribution in [3.63, 3.8) is 0 Å². The first-order valence-corrected chi connectivity index (χ1v) is 13.3. The van der Waals surface area contributed by atoms with E-state index in [0.717, 1.165) is 37.6 Å². The van der Waals surface area contributed by atoms with Gasteiger partial charge in [0.25, 0.3) is 0 Å². The van der Waals surface area contributed by atoms with E-state index in [1.807, 2.05) is 37.7 Å². The highest BCUT2D eigenvalue weighted by Gasteiger charge is 2.49. The molecule has 2 aliphatic rings. The number of nitrogens with zero attached hydrogens (tertiary/aromatic N) is 6. The minimum absolute atomic E-state index is 0.0953. The average Bonchev–Trinajstić information content (AvgIpc) is 3.22. The lowest BCUT2D eigenvalue weighted by molar-refractivity contribution is -0.0852. The van der Waals surface area contributed by atoms with Crippen molar-refractivity contribution in [3.05, 3.63) is 71.3 Å². The summed E-state index contributed by atoms with van der Waals surface area (Å²) in [5.41, 5.74) is 3.77. The number of hydrogen-bond donors (Lipinski definition) is 1. The van der Waals surface area contributed by atoms with Gasteiger partial charge in [0.15, 0.2) is 5.82 Å². The van der Waals surface area contributed by atoms with E-state index >= 15 is 0 Å². The van der Waals surface area contributed by atoms with Crippen LogP contribution >= 0.6 is 0 Å². The molecule has 0 spiro atoms. The Hall–Kier alpha value is -3.30. The first-order chi connectivity index (χ1) is 18.2. The fourth-order valence-electron chi connectivity index (χ4n) is 6.32. The van der Waals surface area contributed by atoms with E-state index in [9.17, 15) is 8.78 Å². The van der Waals surface area contributed by atoms with Gasteiger partial charge in [0, 0.05) is 66.3 Å². The number of imidazole rings is 1. The lowest BCUT2D eigenvalue weighted by Gasteiger charge is -2.58. The number of aromatic nitrogens is 5. The average molecular weight is 518 g/mol. The molecule has 5 heterocycles. The summed E-state index contributed by atoms with van der Waals surface area (Å²) in [6.07, 6.45) is 6.47. The smallest absolute Gasteiger partial charge is 0.151 e. The van der Waals surface area contributed by atoms with Gasteiger partial charge in [-0.25, -0.2) is 23.7 Å². The summed E-state index contributed by atoms with van der Waals surface area (Å²) in [5, 5.41) is 3.50. The van der Waals surface area contributed by atoms with Crippen LogP contribution in [0.3, 0.4) is 0 Å². The van der Waals surface area contributed by atoms with Gasteiger partial charge in [-0.3, -0.25) is 9.88 Å². The molecule has 6 rings (SSSR count). The fourth-order valence-corrected chi connectivity index (χ4v) is 6.32. The molecule has 198 valence electrons. The molecule has 2 unspecified atom stereocenters. The number of piperidine rings is 1. The van der Waals surface area contributed by atoms with Gasteiger partial charge in [0.1, 0.15) is 23.0 Å². The van der Waals surface area contributed by atoms with Crippen molar-refractivity contribution < 1.29 is 8.78 Å². The lowest BCUT2D eigenvalue weighted by Crippen LogP contribution is -2.69. The van der Waals surface area contributed by atoms with Crippen molar-refractivity contribution in [2.45, 2.75) is 59.2 Å². The number of rotatable bonds is 6.